The summed E-state index contributed by atoms with van der Waals surface area (Å²) in [5.41, 5.74) is 0.858. The lowest BCUT2D eigenvalue weighted by atomic mass is 10.1. The molecule has 106 heavy (non-hydrogen) atoms. The first-order chi connectivity index (χ1) is 48.6. The van der Waals surface area contributed by atoms with Crippen molar-refractivity contribution in [3.63, 3.8) is 0 Å². The summed E-state index contributed by atoms with van der Waals surface area (Å²) in [5, 5.41) is 2.68. The Morgan fingerprint density at radius 3 is 1.06 bits per heavy atom. The number of benzene rings is 3. The highest BCUT2D eigenvalue weighted by atomic mass is 35.5. The molecule has 1 aliphatic carbocycles. The number of fused-ring (bicyclic) bond motifs is 3. The van der Waals surface area contributed by atoms with Gasteiger partial charge in [-0.2, -0.15) is 15.0 Å². The van der Waals surface area contributed by atoms with Crippen molar-refractivity contribution in [2.75, 3.05) is 196 Å². The minimum absolute atomic E-state index is 0. The second-order valence-electron chi connectivity index (χ2n) is 29.3. The van der Waals surface area contributed by atoms with E-state index < -0.39 is 16.8 Å². The molecule has 11 rings (SSSR count). The molecule has 4 aliphatic heterocycles. The summed E-state index contributed by atoms with van der Waals surface area (Å²) in [6.45, 7) is 27.1. The summed E-state index contributed by atoms with van der Waals surface area (Å²) >= 11 is 11.6. The fourth-order valence-electron chi connectivity index (χ4n) is 12.2. The molecule has 1 saturated carbocycles. The molecule has 0 atom stereocenters. The number of aromatic nitrogens is 6. The Hall–Kier alpha value is -8.33. The van der Waals surface area contributed by atoms with Crippen molar-refractivity contribution in [3.8, 4) is 34.5 Å². The third-order valence-electron chi connectivity index (χ3n) is 17.4. The number of amides is 3. The monoisotopic (exact) mass is 1520 g/mol. The molecule has 592 valence electrons. The molecule has 7 heterocycles. The topological polar surface area (TPSA) is 241 Å². The summed E-state index contributed by atoms with van der Waals surface area (Å²) in [6, 6.07) is 11.6. The number of ether oxygens (including phenoxy) is 9. The van der Waals surface area contributed by atoms with E-state index in [1.807, 2.05) is 137 Å². The summed E-state index contributed by atoms with van der Waals surface area (Å²) in [4.78, 5) is 84.5. The van der Waals surface area contributed by atoms with Gasteiger partial charge < -0.3 is 86.7 Å². The van der Waals surface area contributed by atoms with E-state index in [2.05, 4.69) is 19.6 Å². The van der Waals surface area contributed by atoms with Gasteiger partial charge in [-0.05, 0) is 132 Å². The highest BCUT2D eigenvalue weighted by Crippen LogP contribution is 2.42. The average Bonchev–Trinajstić information content (AvgIpc) is 0.998. The van der Waals surface area contributed by atoms with Gasteiger partial charge in [0.2, 0.25) is 17.8 Å². The molecule has 5 fully saturated rings. The molecule has 29 heteroatoms. The van der Waals surface area contributed by atoms with Gasteiger partial charge in [-0.25, -0.2) is 29.3 Å². The van der Waals surface area contributed by atoms with E-state index in [-0.39, 0.29) is 54.1 Å². The zero-order valence-electron chi connectivity index (χ0n) is 62.8. The van der Waals surface area contributed by atoms with Gasteiger partial charge in [0.25, 0.3) is 0 Å². The first-order valence-corrected chi connectivity index (χ1v) is 36.6. The summed E-state index contributed by atoms with van der Waals surface area (Å²) in [6.07, 6.45) is 7.70. The maximum absolute atomic E-state index is 12.5. The Bertz CT molecular complexity index is 3800. The molecule has 5 aliphatic rings. The van der Waals surface area contributed by atoms with Gasteiger partial charge in [0.1, 0.15) is 34.3 Å². The number of methoxy groups -OCH3 is 3. The van der Waals surface area contributed by atoms with Gasteiger partial charge in [-0.1, -0.05) is 29.7 Å². The first-order valence-electron chi connectivity index (χ1n) is 35.6. The molecule has 6 aromatic rings. The number of halogens is 2. The SMILES string of the molecule is C.C.C.C.COc1cc2c(N3CCN(C(=O)OC(C)(C)C)CC3)nc(N(C)C)nc2cc1OC1CCCC1.COc1cc2c(N3CCN(C(=O)OC(C)(C)C)CC3)nc(N(C)C)nc2cc1OCCCCl.COc1cc2c(N3CCN(C(=O)OC(C)(C)C)CC3)nc(N3CCCC3)nc2cc1OCCCCl. The van der Waals surface area contributed by atoms with E-state index in [0.717, 1.165) is 113 Å². The quantitative estimate of drug-likeness (QED) is 0.0416. The van der Waals surface area contributed by atoms with Crippen LogP contribution in [0, 0.1) is 0 Å². The number of piperazine rings is 3. The van der Waals surface area contributed by atoms with Gasteiger partial charge in [0, 0.05) is 166 Å². The van der Waals surface area contributed by atoms with Crippen LogP contribution in [0.4, 0.5) is 49.7 Å². The maximum Gasteiger partial charge on any atom is 0.410 e. The smallest absolute Gasteiger partial charge is 0.410 e. The van der Waals surface area contributed by atoms with E-state index in [1.54, 1.807) is 36.0 Å². The minimum atomic E-state index is -0.516. The fourth-order valence-corrected chi connectivity index (χ4v) is 12.5. The van der Waals surface area contributed by atoms with Gasteiger partial charge >= 0.3 is 18.3 Å². The minimum Gasteiger partial charge on any atom is -0.493 e. The molecule has 0 bridgehead atoms. The van der Waals surface area contributed by atoms with Crippen molar-refractivity contribution in [1.82, 2.24) is 44.6 Å². The van der Waals surface area contributed by atoms with Crippen LogP contribution in [0.15, 0.2) is 36.4 Å². The van der Waals surface area contributed by atoms with Crippen molar-refractivity contribution in [2.24, 2.45) is 0 Å². The summed E-state index contributed by atoms with van der Waals surface area (Å²) in [5.74, 6) is 9.47. The van der Waals surface area contributed by atoms with Gasteiger partial charge in [0.15, 0.2) is 34.5 Å². The Morgan fingerprint density at radius 1 is 0.415 bits per heavy atom. The van der Waals surface area contributed by atoms with E-state index in [4.69, 9.17) is 95.7 Å². The number of rotatable bonds is 19. The fraction of sp³-hybridized carbons (Fsp3) is 0.649. The largest absolute Gasteiger partial charge is 0.493 e. The van der Waals surface area contributed by atoms with E-state index in [1.165, 1.54) is 12.8 Å². The maximum atomic E-state index is 12.5. The number of hydrogen-bond donors (Lipinski definition) is 0. The van der Waals surface area contributed by atoms with Crippen molar-refractivity contribution >= 4 is 109 Å². The lowest BCUT2D eigenvalue weighted by molar-refractivity contribution is 0.0230. The average molecular weight is 1520 g/mol. The number of anilines is 6. The number of carbonyl (C=O) groups excluding carboxylic acids is 3. The number of alkyl halides is 2. The summed E-state index contributed by atoms with van der Waals surface area (Å²) < 4.78 is 51.7. The molecule has 0 unspecified atom stereocenters. The van der Waals surface area contributed by atoms with Crippen molar-refractivity contribution in [2.45, 2.75) is 166 Å². The second kappa shape index (κ2) is 39.5. The zero-order valence-corrected chi connectivity index (χ0v) is 64.3. The van der Waals surface area contributed by atoms with Crippen molar-refractivity contribution in [3.05, 3.63) is 36.4 Å². The predicted octanol–water partition coefficient (Wildman–Crippen LogP) is 14.7. The van der Waals surface area contributed by atoms with Crippen LogP contribution in [-0.4, -0.2) is 252 Å². The number of carbonyl (C=O) groups is 3. The lowest BCUT2D eigenvalue weighted by Crippen LogP contribution is -2.50. The Morgan fingerprint density at radius 2 is 0.736 bits per heavy atom. The molecule has 0 spiro atoms. The van der Waals surface area contributed by atoms with Gasteiger partial charge in [0.05, 0.1) is 57.2 Å². The van der Waals surface area contributed by atoms with Crippen LogP contribution in [-0.2, 0) is 14.2 Å². The third kappa shape index (κ3) is 23.6. The number of hydrogen-bond acceptors (Lipinski definition) is 24. The van der Waals surface area contributed by atoms with Crippen molar-refractivity contribution in [1.29, 1.82) is 0 Å². The van der Waals surface area contributed by atoms with E-state index >= 15 is 0 Å². The molecule has 0 N–H and O–H groups in total. The highest BCUT2D eigenvalue weighted by Gasteiger charge is 2.33. The second-order valence-corrected chi connectivity index (χ2v) is 30.0. The van der Waals surface area contributed by atoms with Crippen molar-refractivity contribution < 1.29 is 57.0 Å². The molecule has 4 saturated heterocycles. The normalized spacial score (nSPS) is 15.5. The molecular formula is C77H123Cl2N15O12. The van der Waals surface area contributed by atoms with Crippen LogP contribution < -0.4 is 57.8 Å². The molecule has 3 aromatic carbocycles. The zero-order chi connectivity index (χ0) is 73.6. The van der Waals surface area contributed by atoms with Crippen LogP contribution in [0.25, 0.3) is 32.7 Å². The molecule has 27 nitrogen and oxygen atoms in total. The van der Waals surface area contributed by atoms with Crippen LogP contribution >= 0.6 is 23.2 Å². The Balaban J connectivity index is 0.000000280. The van der Waals surface area contributed by atoms with E-state index in [9.17, 15) is 14.4 Å². The van der Waals surface area contributed by atoms with Crippen LogP contribution in [0.1, 0.15) is 143 Å². The first kappa shape index (κ1) is 88.3. The van der Waals surface area contributed by atoms with Crippen LogP contribution in [0.5, 0.6) is 34.5 Å². The Labute approximate surface area is 640 Å². The standard InChI is InChI=1S/C25H36ClN5O4.C25H37N5O4.C23H34ClN5O4.4CH4/c1-25(2,3)35-24(32)31-13-11-29(12-14-31)22-18-16-20(33-4)21(34-15-7-8-26)17-19(18)27-23(28-22)30-9-5-6-10-30;1-25(2,3)34-24(31)30-13-11-29(12-14-30)22-18-15-20(32-6)21(33-17-9-7-8-10-17)16-19(18)26-23(27-22)28(4)5;1-23(2,3)33-22(30)29-11-9-28(10-12-29)20-16-14-18(31-6)19(32-13-7-8-24)15-17(16)25-21(26-20)27(4)5;;;;/h16-17H,5-15H2,1-4H3;15-17H,7-14H2,1-6H3;14-15H,7-13H2,1-6H3;4*1H4. The molecule has 3 aromatic heterocycles. The third-order valence-corrected chi connectivity index (χ3v) is 17.9. The van der Waals surface area contributed by atoms with Gasteiger partial charge in [-0.3, -0.25) is 0 Å². The lowest BCUT2D eigenvalue weighted by Gasteiger charge is -2.36. The molecule has 3 amide bonds. The van der Waals surface area contributed by atoms with Crippen LogP contribution in [0.2, 0.25) is 0 Å². The van der Waals surface area contributed by atoms with E-state index in [0.29, 0.717) is 144 Å². The van der Waals surface area contributed by atoms with Crippen LogP contribution in [0.3, 0.4) is 0 Å². The Kier molecular flexibility index (Phi) is 32.9. The van der Waals surface area contributed by atoms with Gasteiger partial charge in [-0.15, -0.1) is 23.2 Å². The predicted molar refractivity (Wildman–Crippen MR) is 430 cm³/mol. The number of nitrogens with zero attached hydrogens (tertiary/aromatic N) is 15. The molecule has 0 radical (unpaired) electrons. The summed E-state index contributed by atoms with van der Waals surface area (Å²) in [7, 11) is 12.6. The molecular weight excluding hydrogens is 1400 g/mol. The highest BCUT2D eigenvalue weighted by molar-refractivity contribution is 6.18.